The van der Waals surface area contributed by atoms with E-state index in [0.29, 0.717) is 22.6 Å². The summed E-state index contributed by atoms with van der Waals surface area (Å²) in [7, 11) is -1.20. The van der Waals surface area contributed by atoms with E-state index in [4.69, 9.17) is 9.47 Å². The quantitative estimate of drug-likeness (QED) is 0.360. The first-order valence-corrected chi connectivity index (χ1v) is 12.1. The Labute approximate surface area is 202 Å². The number of methoxy groups -OCH3 is 1. The number of amides is 2. The van der Waals surface area contributed by atoms with E-state index in [-0.39, 0.29) is 34.6 Å². The molecular weight excluding hydrogens is 474 g/mol. The number of hydrogen-bond acceptors (Lipinski definition) is 8. The number of imide groups is 1. The van der Waals surface area contributed by atoms with Crippen molar-refractivity contribution >= 4 is 44.4 Å². The number of aromatic nitrogens is 1. The first-order valence-electron chi connectivity index (χ1n) is 10.6. The Hall–Kier alpha value is -3.99. The zero-order chi connectivity index (χ0) is 25.5. The molecule has 11 heteroatoms. The standard InChI is InChI=1S/C24H23N3O7S/c1-14-21-22(24(30)27(23(21)29)11-12-34-15(2)28)17-13-16(9-10-18(17)25-14)35(31,32)26(3)19-7-5-6-8-20(19)33-4/h5-10,13H,11-12H2,1-4H3. The fraction of sp³-hybridized carbons (Fsp3) is 0.250. The number of fused-ring (bicyclic) bond motifs is 3. The molecule has 0 aliphatic carbocycles. The van der Waals surface area contributed by atoms with Crippen LogP contribution in [-0.2, 0) is 19.6 Å². The Morgan fingerprint density at radius 2 is 1.77 bits per heavy atom. The number of nitrogens with zero attached hydrogens (tertiary/aromatic N) is 3. The molecule has 1 aliphatic heterocycles. The summed E-state index contributed by atoms with van der Waals surface area (Å²) in [4.78, 5) is 42.6. The van der Waals surface area contributed by atoms with Crippen molar-refractivity contribution in [1.82, 2.24) is 9.88 Å². The minimum absolute atomic E-state index is 0.0788. The van der Waals surface area contributed by atoms with Gasteiger partial charge in [-0.25, -0.2) is 8.42 Å². The zero-order valence-electron chi connectivity index (χ0n) is 19.6. The summed E-state index contributed by atoms with van der Waals surface area (Å²) in [6.07, 6.45) is 0. The van der Waals surface area contributed by atoms with Crippen molar-refractivity contribution in [3.63, 3.8) is 0 Å². The molecule has 2 heterocycles. The van der Waals surface area contributed by atoms with Gasteiger partial charge in [-0.2, -0.15) is 0 Å². The molecule has 0 bridgehead atoms. The number of hydrogen-bond donors (Lipinski definition) is 0. The summed E-state index contributed by atoms with van der Waals surface area (Å²) in [5.41, 5.74) is 1.26. The molecule has 35 heavy (non-hydrogen) atoms. The highest BCUT2D eigenvalue weighted by Crippen LogP contribution is 2.35. The minimum atomic E-state index is -4.05. The van der Waals surface area contributed by atoms with Crippen LogP contribution in [0.1, 0.15) is 33.3 Å². The Kier molecular flexibility index (Phi) is 6.20. The first-order chi connectivity index (χ1) is 16.6. The van der Waals surface area contributed by atoms with Crippen molar-refractivity contribution in [3.8, 4) is 5.75 Å². The predicted octanol–water partition coefficient (Wildman–Crippen LogP) is 2.54. The van der Waals surface area contributed by atoms with Crippen LogP contribution in [-0.4, -0.2) is 63.4 Å². The van der Waals surface area contributed by atoms with Crippen LogP contribution in [0.5, 0.6) is 5.75 Å². The number of aryl methyl sites for hydroxylation is 1. The number of ether oxygens (including phenoxy) is 2. The smallest absolute Gasteiger partial charge is 0.302 e. The number of sulfonamides is 1. The monoisotopic (exact) mass is 497 g/mol. The van der Waals surface area contributed by atoms with Crippen molar-refractivity contribution < 1.29 is 32.3 Å². The molecule has 182 valence electrons. The molecule has 2 aromatic carbocycles. The van der Waals surface area contributed by atoms with Gasteiger partial charge < -0.3 is 9.47 Å². The van der Waals surface area contributed by atoms with Crippen LogP contribution in [0.25, 0.3) is 10.9 Å². The maximum absolute atomic E-state index is 13.5. The molecule has 1 aromatic heterocycles. The molecule has 0 saturated carbocycles. The fourth-order valence-corrected chi connectivity index (χ4v) is 5.27. The van der Waals surface area contributed by atoms with Crippen LogP contribution < -0.4 is 9.04 Å². The summed E-state index contributed by atoms with van der Waals surface area (Å²) >= 11 is 0. The van der Waals surface area contributed by atoms with E-state index in [2.05, 4.69) is 4.98 Å². The molecule has 0 saturated heterocycles. The van der Waals surface area contributed by atoms with Crippen LogP contribution in [0.3, 0.4) is 0 Å². The van der Waals surface area contributed by atoms with Crippen LogP contribution in [0.2, 0.25) is 0 Å². The lowest BCUT2D eigenvalue weighted by Crippen LogP contribution is -2.33. The summed E-state index contributed by atoms with van der Waals surface area (Å²) in [6.45, 7) is 2.57. The van der Waals surface area contributed by atoms with Gasteiger partial charge in [0.25, 0.3) is 21.8 Å². The van der Waals surface area contributed by atoms with Gasteiger partial charge in [-0.1, -0.05) is 12.1 Å². The van der Waals surface area contributed by atoms with E-state index in [1.165, 1.54) is 39.3 Å². The van der Waals surface area contributed by atoms with Gasteiger partial charge in [-0.15, -0.1) is 0 Å². The van der Waals surface area contributed by atoms with Crippen molar-refractivity contribution in [2.75, 3.05) is 31.6 Å². The van der Waals surface area contributed by atoms with Gasteiger partial charge in [0.1, 0.15) is 12.4 Å². The van der Waals surface area contributed by atoms with Crippen molar-refractivity contribution in [2.45, 2.75) is 18.7 Å². The molecule has 0 spiro atoms. The minimum Gasteiger partial charge on any atom is -0.495 e. The van der Waals surface area contributed by atoms with E-state index >= 15 is 0 Å². The van der Waals surface area contributed by atoms with Gasteiger partial charge >= 0.3 is 5.97 Å². The number of anilines is 1. The predicted molar refractivity (Wildman–Crippen MR) is 127 cm³/mol. The molecule has 4 rings (SSSR count). The van der Waals surface area contributed by atoms with Crippen molar-refractivity contribution in [3.05, 3.63) is 59.3 Å². The molecule has 0 fully saturated rings. The van der Waals surface area contributed by atoms with Crippen LogP contribution in [0.15, 0.2) is 47.4 Å². The highest BCUT2D eigenvalue weighted by molar-refractivity contribution is 7.92. The third-order valence-corrected chi connectivity index (χ3v) is 7.53. The maximum Gasteiger partial charge on any atom is 0.302 e. The number of benzene rings is 2. The number of esters is 1. The maximum atomic E-state index is 13.5. The van der Waals surface area contributed by atoms with E-state index in [0.717, 1.165) is 9.21 Å². The largest absolute Gasteiger partial charge is 0.495 e. The molecule has 0 unspecified atom stereocenters. The lowest BCUT2D eigenvalue weighted by Gasteiger charge is -2.22. The van der Waals surface area contributed by atoms with E-state index < -0.39 is 27.8 Å². The second-order valence-corrected chi connectivity index (χ2v) is 9.84. The fourth-order valence-electron chi connectivity index (χ4n) is 4.03. The Morgan fingerprint density at radius 1 is 1.09 bits per heavy atom. The molecule has 2 amide bonds. The third-order valence-electron chi connectivity index (χ3n) is 5.76. The molecule has 1 aliphatic rings. The van der Waals surface area contributed by atoms with Crippen LogP contribution in [0, 0.1) is 6.92 Å². The molecular formula is C24H23N3O7S. The summed E-state index contributed by atoms with van der Waals surface area (Å²) < 4.78 is 38.2. The topological polar surface area (TPSA) is 123 Å². The molecule has 0 N–H and O–H groups in total. The van der Waals surface area contributed by atoms with E-state index in [1.807, 2.05) is 0 Å². The van der Waals surface area contributed by atoms with Gasteiger partial charge in [-0.05, 0) is 37.3 Å². The van der Waals surface area contributed by atoms with Gasteiger partial charge in [0, 0.05) is 19.4 Å². The molecule has 0 radical (unpaired) electrons. The van der Waals surface area contributed by atoms with Gasteiger partial charge in [0.2, 0.25) is 0 Å². The van der Waals surface area contributed by atoms with Gasteiger partial charge in [0.05, 0.1) is 46.6 Å². The van der Waals surface area contributed by atoms with E-state index in [1.54, 1.807) is 31.2 Å². The number of rotatable bonds is 7. The van der Waals surface area contributed by atoms with Gasteiger partial charge in [0.15, 0.2) is 0 Å². The van der Waals surface area contributed by atoms with E-state index in [9.17, 15) is 22.8 Å². The Morgan fingerprint density at radius 3 is 2.46 bits per heavy atom. The SMILES string of the molecule is COc1ccccc1N(C)S(=O)(=O)c1ccc2nc(C)c3c(c2c1)C(=O)N(CCOC(C)=O)C3=O. The molecule has 3 aromatic rings. The zero-order valence-corrected chi connectivity index (χ0v) is 20.4. The van der Waals surface area contributed by atoms with Gasteiger partial charge in [-0.3, -0.25) is 28.6 Å². The molecule has 0 atom stereocenters. The first kappa shape index (κ1) is 24.1. The number of para-hydroxylation sites is 2. The van der Waals surface area contributed by atoms with Crippen molar-refractivity contribution in [1.29, 1.82) is 0 Å². The lowest BCUT2D eigenvalue weighted by molar-refractivity contribution is -0.141. The Bertz CT molecular complexity index is 1480. The highest BCUT2D eigenvalue weighted by atomic mass is 32.2. The number of carbonyl (C=O) groups excluding carboxylic acids is 3. The average Bonchev–Trinajstić information content (AvgIpc) is 3.08. The normalized spacial score (nSPS) is 13.2. The molecule has 10 nitrogen and oxygen atoms in total. The lowest BCUT2D eigenvalue weighted by atomic mass is 10.0. The van der Waals surface area contributed by atoms with Crippen LogP contribution in [0.4, 0.5) is 5.69 Å². The summed E-state index contributed by atoms with van der Waals surface area (Å²) in [5.74, 6) is -1.32. The Balaban J connectivity index is 1.80. The number of pyridine rings is 1. The van der Waals surface area contributed by atoms with Crippen LogP contribution >= 0.6 is 0 Å². The average molecular weight is 498 g/mol. The highest BCUT2D eigenvalue weighted by Gasteiger charge is 2.39. The van der Waals surface area contributed by atoms with Crippen molar-refractivity contribution in [2.24, 2.45) is 0 Å². The second-order valence-electron chi connectivity index (χ2n) is 7.87. The summed E-state index contributed by atoms with van der Waals surface area (Å²) in [6, 6.07) is 10.9. The third kappa shape index (κ3) is 4.08. The second kappa shape index (κ2) is 8.99. The number of carbonyl (C=O) groups is 3. The summed E-state index contributed by atoms with van der Waals surface area (Å²) in [5, 5.41) is 0.244.